The van der Waals surface area contributed by atoms with Gasteiger partial charge in [0, 0.05) is 23.6 Å². The highest BCUT2D eigenvalue weighted by atomic mass is 16.4. The highest BCUT2D eigenvalue weighted by Crippen LogP contribution is 2.13. The van der Waals surface area contributed by atoms with Gasteiger partial charge < -0.3 is 16.2 Å². The second kappa shape index (κ2) is 4.87. The van der Waals surface area contributed by atoms with Gasteiger partial charge in [-0.15, -0.1) is 0 Å². The fraction of sp³-hybridized carbons (Fsp3) is 0.111. The zero-order valence-corrected chi connectivity index (χ0v) is 8.23. The van der Waals surface area contributed by atoms with Crippen molar-refractivity contribution in [2.24, 2.45) is 5.73 Å². The number of hydrogen-bond acceptors (Lipinski definition) is 5. The number of rotatable bonds is 5. The second-order valence-electron chi connectivity index (χ2n) is 2.91. The lowest BCUT2D eigenvalue weighted by Gasteiger charge is -2.08. The largest absolute Gasteiger partial charge is 0.480 e. The summed E-state index contributed by atoms with van der Waals surface area (Å²) in [5.74, 6) is -1.94. The molecule has 0 atom stereocenters. The summed E-state index contributed by atoms with van der Waals surface area (Å²) in [5.41, 5.74) is 5.05. The quantitative estimate of drug-likeness (QED) is 0.496. The van der Waals surface area contributed by atoms with Crippen molar-refractivity contribution in [3.05, 3.63) is 24.0 Å². The van der Waals surface area contributed by atoms with Crippen LogP contribution in [0.15, 0.2) is 18.5 Å². The van der Waals surface area contributed by atoms with E-state index in [9.17, 15) is 9.59 Å². The maximum absolute atomic E-state index is 10.8. The Morgan fingerprint density at radius 2 is 2.25 bits per heavy atom. The summed E-state index contributed by atoms with van der Waals surface area (Å²) in [4.78, 5) is 24.9. The molecule has 84 valence electrons. The summed E-state index contributed by atoms with van der Waals surface area (Å²) in [7, 11) is 0. The molecule has 1 amide bonds. The molecule has 0 spiro atoms. The van der Waals surface area contributed by atoms with E-state index in [0.29, 0.717) is 5.69 Å². The third-order valence-corrected chi connectivity index (χ3v) is 1.77. The number of carboxylic acid groups (broad SMARTS) is 1. The van der Waals surface area contributed by atoms with Crippen molar-refractivity contribution in [2.75, 3.05) is 11.9 Å². The molecule has 7 heteroatoms. The van der Waals surface area contributed by atoms with E-state index in [0.717, 1.165) is 0 Å². The standard InChI is InChI=1S/C9H10N4O3/c10-8(9(11)16)5-3-12-2-1-6(5)13-4-7(14)15/h1-3,10H,4H2,(H2,11,16)(H,12,13)(H,14,15). The Morgan fingerprint density at radius 3 is 2.81 bits per heavy atom. The number of primary amides is 1. The number of carbonyl (C=O) groups excluding carboxylic acids is 1. The molecule has 1 heterocycles. The number of hydrogen-bond donors (Lipinski definition) is 4. The van der Waals surface area contributed by atoms with Gasteiger partial charge in [-0.25, -0.2) is 0 Å². The van der Waals surface area contributed by atoms with E-state index in [4.69, 9.17) is 16.2 Å². The topological polar surface area (TPSA) is 129 Å². The van der Waals surface area contributed by atoms with Crippen molar-refractivity contribution >= 4 is 23.3 Å². The molecule has 5 N–H and O–H groups in total. The van der Waals surface area contributed by atoms with Gasteiger partial charge >= 0.3 is 5.97 Å². The van der Waals surface area contributed by atoms with Crippen LogP contribution in [0.25, 0.3) is 0 Å². The van der Waals surface area contributed by atoms with Crippen LogP contribution in [0, 0.1) is 5.41 Å². The van der Waals surface area contributed by atoms with E-state index in [2.05, 4.69) is 10.3 Å². The molecule has 0 aromatic carbocycles. The first kappa shape index (κ1) is 11.6. The molecular weight excluding hydrogens is 212 g/mol. The summed E-state index contributed by atoms with van der Waals surface area (Å²) < 4.78 is 0. The van der Waals surface area contributed by atoms with E-state index >= 15 is 0 Å². The minimum atomic E-state index is -1.05. The number of aliphatic carboxylic acids is 1. The van der Waals surface area contributed by atoms with E-state index in [1.54, 1.807) is 0 Å². The first-order chi connectivity index (χ1) is 7.52. The molecule has 0 saturated heterocycles. The number of aromatic nitrogens is 1. The van der Waals surface area contributed by atoms with Crippen LogP contribution in [-0.2, 0) is 9.59 Å². The molecule has 16 heavy (non-hydrogen) atoms. The van der Waals surface area contributed by atoms with Crippen LogP contribution < -0.4 is 11.1 Å². The Morgan fingerprint density at radius 1 is 1.56 bits per heavy atom. The van der Waals surface area contributed by atoms with Crippen LogP contribution in [0.1, 0.15) is 5.56 Å². The summed E-state index contributed by atoms with van der Waals surface area (Å²) in [5, 5.41) is 18.5. The van der Waals surface area contributed by atoms with E-state index < -0.39 is 17.6 Å². The minimum Gasteiger partial charge on any atom is -0.480 e. The van der Waals surface area contributed by atoms with Gasteiger partial charge in [0.2, 0.25) is 0 Å². The van der Waals surface area contributed by atoms with Gasteiger partial charge in [0.05, 0.1) is 0 Å². The lowest BCUT2D eigenvalue weighted by atomic mass is 10.1. The third kappa shape index (κ3) is 2.77. The molecule has 7 nitrogen and oxygen atoms in total. The van der Waals surface area contributed by atoms with Crippen molar-refractivity contribution in [1.29, 1.82) is 5.41 Å². The molecule has 0 unspecified atom stereocenters. The van der Waals surface area contributed by atoms with Crippen molar-refractivity contribution < 1.29 is 14.7 Å². The van der Waals surface area contributed by atoms with Gasteiger partial charge in [-0.1, -0.05) is 0 Å². The summed E-state index contributed by atoms with van der Waals surface area (Å²) in [6.45, 7) is -0.316. The van der Waals surface area contributed by atoms with Gasteiger partial charge in [0.25, 0.3) is 5.91 Å². The number of nitrogens with zero attached hydrogens (tertiary/aromatic N) is 1. The third-order valence-electron chi connectivity index (χ3n) is 1.77. The van der Waals surface area contributed by atoms with Crippen LogP contribution in [0.4, 0.5) is 5.69 Å². The smallest absolute Gasteiger partial charge is 0.322 e. The van der Waals surface area contributed by atoms with Crippen LogP contribution in [0.3, 0.4) is 0 Å². The number of anilines is 1. The predicted octanol–water partition coefficient (Wildman–Crippen LogP) is -0.569. The summed E-state index contributed by atoms with van der Waals surface area (Å²) in [6, 6.07) is 1.47. The second-order valence-corrected chi connectivity index (χ2v) is 2.91. The summed E-state index contributed by atoms with van der Waals surface area (Å²) >= 11 is 0. The molecule has 0 aliphatic heterocycles. The zero-order chi connectivity index (χ0) is 12.1. The summed E-state index contributed by atoms with van der Waals surface area (Å²) in [6.07, 6.45) is 2.69. The van der Waals surface area contributed by atoms with Crippen LogP contribution in [0.5, 0.6) is 0 Å². The lowest BCUT2D eigenvalue weighted by molar-refractivity contribution is -0.134. The number of carboxylic acids is 1. The highest BCUT2D eigenvalue weighted by Gasteiger charge is 2.13. The number of carbonyl (C=O) groups is 2. The Labute approximate surface area is 90.8 Å². The fourth-order valence-electron chi connectivity index (χ4n) is 1.05. The maximum Gasteiger partial charge on any atom is 0.322 e. The maximum atomic E-state index is 10.8. The molecule has 0 aliphatic rings. The Hall–Kier alpha value is -2.44. The number of amides is 1. The van der Waals surface area contributed by atoms with Crippen molar-refractivity contribution in [1.82, 2.24) is 4.98 Å². The van der Waals surface area contributed by atoms with Crippen LogP contribution in [-0.4, -0.2) is 34.2 Å². The zero-order valence-electron chi connectivity index (χ0n) is 8.23. The number of nitrogens with two attached hydrogens (primary N) is 1. The minimum absolute atomic E-state index is 0.177. The Bertz CT molecular complexity index is 444. The highest BCUT2D eigenvalue weighted by molar-refractivity contribution is 6.44. The molecule has 0 saturated carbocycles. The molecule has 1 aromatic heterocycles. The average Bonchev–Trinajstić information content (AvgIpc) is 2.25. The molecule has 0 fully saturated rings. The molecule has 0 bridgehead atoms. The Balaban J connectivity index is 2.96. The van der Waals surface area contributed by atoms with E-state index in [1.807, 2.05) is 0 Å². The SMILES string of the molecule is N=C(C(N)=O)c1cnccc1NCC(=O)O. The normalized spacial score (nSPS) is 9.50. The van der Waals surface area contributed by atoms with Crippen molar-refractivity contribution in [2.45, 2.75) is 0 Å². The van der Waals surface area contributed by atoms with Gasteiger partial charge in [-0.2, -0.15) is 0 Å². The van der Waals surface area contributed by atoms with Gasteiger partial charge in [-0.05, 0) is 6.07 Å². The van der Waals surface area contributed by atoms with Gasteiger partial charge in [-0.3, -0.25) is 20.0 Å². The lowest BCUT2D eigenvalue weighted by Crippen LogP contribution is -2.25. The van der Waals surface area contributed by atoms with Crippen LogP contribution in [0.2, 0.25) is 0 Å². The number of pyridine rings is 1. The van der Waals surface area contributed by atoms with Gasteiger partial charge in [0.1, 0.15) is 12.3 Å². The fourth-order valence-corrected chi connectivity index (χ4v) is 1.05. The first-order valence-electron chi connectivity index (χ1n) is 4.30. The predicted molar refractivity (Wildman–Crippen MR) is 56.4 cm³/mol. The molecule has 0 radical (unpaired) electrons. The first-order valence-corrected chi connectivity index (χ1v) is 4.30. The monoisotopic (exact) mass is 222 g/mol. The van der Waals surface area contributed by atoms with Crippen molar-refractivity contribution in [3.8, 4) is 0 Å². The molecule has 1 rings (SSSR count). The Kier molecular flexibility index (Phi) is 3.54. The van der Waals surface area contributed by atoms with Crippen molar-refractivity contribution in [3.63, 3.8) is 0 Å². The average molecular weight is 222 g/mol. The van der Waals surface area contributed by atoms with E-state index in [1.165, 1.54) is 18.5 Å². The molecular formula is C9H10N4O3. The van der Waals surface area contributed by atoms with Crippen LogP contribution >= 0.6 is 0 Å². The molecule has 1 aromatic rings. The van der Waals surface area contributed by atoms with E-state index in [-0.39, 0.29) is 12.1 Å². The molecule has 0 aliphatic carbocycles. The number of nitrogens with one attached hydrogen (secondary N) is 2. The van der Waals surface area contributed by atoms with Gasteiger partial charge in [0.15, 0.2) is 0 Å².